The smallest absolute Gasteiger partial charge is 0.335 e. The molecule has 1 aliphatic carbocycles. The van der Waals surface area contributed by atoms with E-state index in [0.29, 0.717) is 36.6 Å². The number of anilines is 1. The highest BCUT2D eigenvalue weighted by Gasteiger charge is 2.35. The van der Waals surface area contributed by atoms with E-state index in [4.69, 9.17) is 4.74 Å². The van der Waals surface area contributed by atoms with Crippen molar-refractivity contribution < 1.29 is 29.3 Å². The summed E-state index contributed by atoms with van der Waals surface area (Å²) in [5.41, 5.74) is 2.07. The van der Waals surface area contributed by atoms with Gasteiger partial charge in [0.1, 0.15) is 6.10 Å². The lowest BCUT2D eigenvalue weighted by Gasteiger charge is -2.38. The second-order valence-electron chi connectivity index (χ2n) is 11.3. The highest BCUT2D eigenvalue weighted by molar-refractivity contribution is 6.02. The van der Waals surface area contributed by atoms with Crippen LogP contribution in [0.3, 0.4) is 0 Å². The van der Waals surface area contributed by atoms with Gasteiger partial charge in [-0.2, -0.15) is 0 Å². The number of hydrogen-bond donors (Lipinski definition) is 3. The molecule has 40 heavy (non-hydrogen) atoms. The number of amides is 2. The number of carbonyl (C=O) groups is 3. The standard InChI is InChI=1S/C31H41N3O6/c1-20-16-34(21(2)19-35)30(37)25-10-7-11-26(32-29(36)23-8-5-4-6-9-23)28(25)40-27(20)18-33(3)17-22-12-14-24(15-13-22)31(38)39/h7,10-15,20-21,23,27,35H,4-6,8-9,16-19H2,1-3H3,(H,32,36)(H,38,39)/t20-,21-,27+/m1/s1. The van der Waals surface area contributed by atoms with Gasteiger partial charge >= 0.3 is 5.97 Å². The molecule has 0 bridgehead atoms. The van der Waals surface area contributed by atoms with Gasteiger partial charge in [0.05, 0.1) is 29.5 Å². The van der Waals surface area contributed by atoms with Gasteiger partial charge in [-0.1, -0.05) is 44.4 Å². The maximum atomic E-state index is 13.7. The summed E-state index contributed by atoms with van der Waals surface area (Å²) >= 11 is 0. The Bertz CT molecular complexity index is 1190. The molecule has 0 unspecified atom stereocenters. The third-order valence-corrected chi connectivity index (χ3v) is 8.07. The Morgan fingerprint density at radius 3 is 2.48 bits per heavy atom. The van der Waals surface area contributed by atoms with Gasteiger partial charge in [-0.25, -0.2) is 4.79 Å². The number of nitrogens with one attached hydrogen (secondary N) is 1. The lowest BCUT2D eigenvalue weighted by atomic mass is 9.88. The van der Waals surface area contributed by atoms with Crippen LogP contribution in [0.25, 0.3) is 0 Å². The van der Waals surface area contributed by atoms with Gasteiger partial charge in [-0.15, -0.1) is 0 Å². The van der Waals surface area contributed by atoms with Gasteiger partial charge in [0.2, 0.25) is 5.91 Å². The van der Waals surface area contributed by atoms with Crippen molar-refractivity contribution in [1.29, 1.82) is 0 Å². The quantitative estimate of drug-likeness (QED) is 0.426. The van der Waals surface area contributed by atoms with Crippen LogP contribution in [-0.2, 0) is 11.3 Å². The van der Waals surface area contributed by atoms with E-state index in [1.165, 1.54) is 0 Å². The average Bonchev–Trinajstić information content (AvgIpc) is 2.95. The Balaban J connectivity index is 1.60. The van der Waals surface area contributed by atoms with Crippen molar-refractivity contribution in [2.75, 3.05) is 32.1 Å². The second-order valence-corrected chi connectivity index (χ2v) is 11.3. The number of aliphatic hydroxyl groups is 1. The number of ether oxygens (including phenoxy) is 1. The van der Waals surface area contributed by atoms with E-state index in [-0.39, 0.29) is 48.0 Å². The maximum absolute atomic E-state index is 13.7. The van der Waals surface area contributed by atoms with Crippen molar-refractivity contribution in [3.63, 3.8) is 0 Å². The number of carboxylic acids is 1. The minimum Gasteiger partial charge on any atom is -0.486 e. The Morgan fingerprint density at radius 1 is 1.12 bits per heavy atom. The number of benzene rings is 2. The molecule has 2 amide bonds. The van der Waals surface area contributed by atoms with Crippen LogP contribution < -0.4 is 10.1 Å². The molecular weight excluding hydrogens is 510 g/mol. The summed E-state index contributed by atoms with van der Waals surface area (Å²) in [7, 11) is 1.97. The minimum atomic E-state index is -0.960. The average molecular weight is 552 g/mol. The summed E-state index contributed by atoms with van der Waals surface area (Å²) in [4.78, 5) is 41.8. The van der Waals surface area contributed by atoms with Gasteiger partial charge in [-0.05, 0) is 56.6 Å². The molecule has 1 saturated carbocycles. The van der Waals surface area contributed by atoms with Crippen LogP contribution in [0.4, 0.5) is 5.69 Å². The molecule has 9 heteroatoms. The molecule has 9 nitrogen and oxygen atoms in total. The van der Waals surface area contributed by atoms with Crippen molar-refractivity contribution in [1.82, 2.24) is 9.80 Å². The molecule has 0 radical (unpaired) electrons. The zero-order valence-corrected chi connectivity index (χ0v) is 23.6. The van der Waals surface area contributed by atoms with Gasteiger partial charge in [0.15, 0.2) is 5.75 Å². The van der Waals surface area contributed by atoms with Crippen molar-refractivity contribution >= 4 is 23.5 Å². The highest BCUT2D eigenvalue weighted by atomic mass is 16.5. The first-order valence-electron chi connectivity index (χ1n) is 14.2. The van der Waals surface area contributed by atoms with E-state index in [0.717, 1.165) is 37.7 Å². The van der Waals surface area contributed by atoms with Crippen LogP contribution in [0, 0.1) is 11.8 Å². The molecule has 0 saturated heterocycles. The van der Waals surface area contributed by atoms with Crippen LogP contribution in [0.5, 0.6) is 5.75 Å². The molecule has 3 N–H and O–H groups in total. The predicted molar refractivity (Wildman–Crippen MR) is 153 cm³/mol. The molecule has 2 aromatic rings. The third kappa shape index (κ3) is 7.01. The lowest BCUT2D eigenvalue weighted by Crippen LogP contribution is -2.49. The van der Waals surface area contributed by atoms with E-state index >= 15 is 0 Å². The third-order valence-electron chi connectivity index (χ3n) is 8.07. The summed E-state index contributed by atoms with van der Waals surface area (Å²) in [5.74, 6) is -1.00. The Hall–Kier alpha value is -3.43. The number of hydrogen-bond acceptors (Lipinski definition) is 6. The molecule has 216 valence electrons. The topological polar surface area (TPSA) is 119 Å². The largest absolute Gasteiger partial charge is 0.486 e. The monoisotopic (exact) mass is 551 g/mol. The van der Waals surface area contributed by atoms with Crippen LogP contribution >= 0.6 is 0 Å². The summed E-state index contributed by atoms with van der Waals surface area (Å²) in [5, 5.41) is 22.2. The first-order chi connectivity index (χ1) is 19.2. The van der Waals surface area contributed by atoms with Crippen LogP contribution in [-0.4, -0.2) is 76.7 Å². The number of carboxylic acid groups (broad SMARTS) is 1. The molecule has 3 atom stereocenters. The predicted octanol–water partition coefficient (Wildman–Crippen LogP) is 4.26. The number of aliphatic hydroxyl groups excluding tert-OH is 1. The second kappa shape index (κ2) is 13.3. The van der Waals surface area contributed by atoms with E-state index in [1.807, 2.05) is 20.9 Å². The van der Waals surface area contributed by atoms with Crippen molar-refractivity contribution in [3.8, 4) is 5.75 Å². The van der Waals surface area contributed by atoms with Crippen molar-refractivity contribution in [2.45, 2.75) is 64.6 Å². The van der Waals surface area contributed by atoms with Crippen molar-refractivity contribution in [3.05, 3.63) is 59.2 Å². The van der Waals surface area contributed by atoms with E-state index in [2.05, 4.69) is 10.2 Å². The first kappa shape index (κ1) is 29.6. The van der Waals surface area contributed by atoms with E-state index < -0.39 is 5.97 Å². The zero-order valence-electron chi connectivity index (χ0n) is 23.6. The Kier molecular flexibility index (Phi) is 9.81. The number of nitrogens with zero attached hydrogens (tertiary/aromatic N) is 2. The van der Waals surface area contributed by atoms with Gasteiger partial charge < -0.3 is 25.2 Å². The van der Waals surface area contributed by atoms with Crippen LogP contribution in [0.1, 0.15) is 72.2 Å². The molecule has 1 heterocycles. The number of rotatable bonds is 9. The Labute approximate surface area is 236 Å². The summed E-state index contributed by atoms with van der Waals surface area (Å²) in [6.45, 7) is 5.20. The highest BCUT2D eigenvalue weighted by Crippen LogP contribution is 2.36. The summed E-state index contributed by atoms with van der Waals surface area (Å²) in [6, 6.07) is 11.7. The molecular formula is C31H41N3O6. The SMILES string of the molecule is C[C@@H]1CN([C@H](C)CO)C(=O)c2cccc(NC(=O)C3CCCCC3)c2O[C@H]1CN(C)Cc1ccc(C(=O)O)cc1. The molecule has 0 aromatic heterocycles. The molecule has 2 aliphatic rings. The zero-order chi connectivity index (χ0) is 28.8. The molecule has 1 fully saturated rings. The summed E-state index contributed by atoms with van der Waals surface area (Å²) in [6.07, 6.45) is 4.63. The minimum absolute atomic E-state index is 0.0432. The number of para-hydroxylation sites is 1. The molecule has 2 aromatic carbocycles. The Morgan fingerprint density at radius 2 is 1.82 bits per heavy atom. The maximum Gasteiger partial charge on any atom is 0.335 e. The number of carbonyl (C=O) groups excluding carboxylic acids is 2. The van der Waals surface area contributed by atoms with E-state index in [1.54, 1.807) is 47.4 Å². The molecule has 0 spiro atoms. The number of fused-ring (bicyclic) bond motifs is 1. The van der Waals surface area contributed by atoms with Crippen LogP contribution in [0.15, 0.2) is 42.5 Å². The van der Waals surface area contributed by atoms with Gasteiger partial charge in [0.25, 0.3) is 5.91 Å². The van der Waals surface area contributed by atoms with E-state index in [9.17, 15) is 24.6 Å². The normalized spacial score (nSPS) is 20.7. The molecule has 4 rings (SSSR count). The lowest BCUT2D eigenvalue weighted by molar-refractivity contribution is -0.120. The van der Waals surface area contributed by atoms with Crippen molar-refractivity contribution in [2.24, 2.45) is 11.8 Å². The van der Waals surface area contributed by atoms with Gasteiger partial charge in [0, 0.05) is 31.5 Å². The summed E-state index contributed by atoms with van der Waals surface area (Å²) < 4.78 is 6.62. The number of likely N-dealkylation sites (N-methyl/N-ethyl adjacent to an activating group) is 1. The fraction of sp³-hybridized carbons (Fsp3) is 0.516. The van der Waals surface area contributed by atoms with Gasteiger partial charge in [-0.3, -0.25) is 14.5 Å². The van der Waals surface area contributed by atoms with Crippen LogP contribution in [0.2, 0.25) is 0 Å². The fourth-order valence-electron chi connectivity index (χ4n) is 5.60. The number of aromatic carboxylic acids is 1. The fourth-order valence-corrected chi connectivity index (χ4v) is 5.60. The molecule has 1 aliphatic heterocycles. The first-order valence-corrected chi connectivity index (χ1v) is 14.2.